The number of carbonyl (C=O) groups is 1. The fraction of sp³-hybridized carbons (Fsp3) is 0.455. The van der Waals surface area contributed by atoms with Crippen LogP contribution in [0, 0.1) is 0 Å². The number of hydrogen-bond donors (Lipinski definition) is 3. The molecule has 0 aromatic carbocycles. The fourth-order valence-corrected chi connectivity index (χ4v) is 1.19. The molecule has 6 nitrogen and oxygen atoms in total. The van der Waals surface area contributed by atoms with Gasteiger partial charge >= 0.3 is 0 Å². The van der Waals surface area contributed by atoms with E-state index in [4.69, 9.17) is 9.84 Å². The van der Waals surface area contributed by atoms with Gasteiger partial charge in [0.25, 0.3) is 0 Å². The van der Waals surface area contributed by atoms with Crippen LogP contribution in [0.1, 0.15) is 6.92 Å². The van der Waals surface area contributed by atoms with Gasteiger partial charge in [-0.15, -0.1) is 0 Å². The van der Waals surface area contributed by atoms with E-state index in [1.807, 2.05) is 0 Å². The molecular formula is C11H17N3O3. The molecule has 1 rings (SSSR count). The maximum atomic E-state index is 10.8. The minimum absolute atomic E-state index is 0.0314. The second-order valence-electron chi connectivity index (χ2n) is 3.38. The molecule has 0 unspecified atom stereocenters. The molecule has 0 saturated carbocycles. The Hall–Kier alpha value is -1.66. The van der Waals surface area contributed by atoms with E-state index in [9.17, 15) is 4.79 Å². The predicted octanol–water partition coefficient (Wildman–Crippen LogP) is 0.461. The van der Waals surface area contributed by atoms with Crippen molar-refractivity contribution in [3.8, 4) is 0 Å². The van der Waals surface area contributed by atoms with Crippen LogP contribution in [0.3, 0.4) is 0 Å². The summed E-state index contributed by atoms with van der Waals surface area (Å²) < 4.78 is 5.08. The molecule has 0 aliphatic carbocycles. The molecule has 0 fully saturated rings. The van der Waals surface area contributed by atoms with Crippen LogP contribution in [0.15, 0.2) is 18.3 Å². The lowest BCUT2D eigenvalue weighted by Crippen LogP contribution is -2.12. The highest BCUT2D eigenvalue weighted by Crippen LogP contribution is 2.08. The Balaban J connectivity index is 2.28. The minimum Gasteiger partial charge on any atom is -0.394 e. The third-order valence-electron chi connectivity index (χ3n) is 1.87. The van der Waals surface area contributed by atoms with Crippen molar-refractivity contribution in [1.82, 2.24) is 4.98 Å². The highest BCUT2D eigenvalue weighted by atomic mass is 16.5. The van der Waals surface area contributed by atoms with E-state index in [-0.39, 0.29) is 12.5 Å². The van der Waals surface area contributed by atoms with E-state index in [2.05, 4.69) is 15.6 Å². The molecule has 0 atom stereocenters. The molecule has 3 N–H and O–H groups in total. The fourth-order valence-electron chi connectivity index (χ4n) is 1.19. The summed E-state index contributed by atoms with van der Waals surface area (Å²) in [5.41, 5.74) is 0.666. The van der Waals surface area contributed by atoms with Crippen molar-refractivity contribution in [3.63, 3.8) is 0 Å². The highest BCUT2D eigenvalue weighted by molar-refractivity contribution is 5.88. The summed E-state index contributed by atoms with van der Waals surface area (Å²) in [4.78, 5) is 14.9. The van der Waals surface area contributed by atoms with Crippen molar-refractivity contribution in [1.29, 1.82) is 0 Å². The maximum absolute atomic E-state index is 10.8. The van der Waals surface area contributed by atoms with Gasteiger partial charge in [0, 0.05) is 13.5 Å². The summed E-state index contributed by atoms with van der Waals surface area (Å²) in [6, 6.07) is 3.54. The normalized spacial score (nSPS) is 10.0. The molecule has 0 spiro atoms. The summed E-state index contributed by atoms with van der Waals surface area (Å²) >= 11 is 0. The monoisotopic (exact) mass is 239 g/mol. The zero-order valence-corrected chi connectivity index (χ0v) is 9.77. The molecule has 0 bridgehead atoms. The SMILES string of the molecule is CC(=O)Nc1ccc(NCCOCCO)nc1. The van der Waals surface area contributed by atoms with E-state index >= 15 is 0 Å². The molecule has 0 saturated heterocycles. The number of ether oxygens (including phenoxy) is 1. The van der Waals surface area contributed by atoms with Crippen LogP contribution in [0.2, 0.25) is 0 Å². The lowest BCUT2D eigenvalue weighted by Gasteiger charge is -2.07. The summed E-state index contributed by atoms with van der Waals surface area (Å²) in [5.74, 6) is 0.594. The second-order valence-corrected chi connectivity index (χ2v) is 3.38. The first-order valence-electron chi connectivity index (χ1n) is 5.38. The van der Waals surface area contributed by atoms with E-state index in [1.165, 1.54) is 6.92 Å². The Bertz CT molecular complexity index is 340. The number of carbonyl (C=O) groups excluding carboxylic acids is 1. The van der Waals surface area contributed by atoms with Crippen LogP contribution in [-0.2, 0) is 9.53 Å². The van der Waals surface area contributed by atoms with Crippen LogP contribution in [-0.4, -0.2) is 42.4 Å². The van der Waals surface area contributed by atoms with Crippen LogP contribution >= 0.6 is 0 Å². The van der Waals surface area contributed by atoms with Gasteiger partial charge in [-0.1, -0.05) is 0 Å². The van der Waals surface area contributed by atoms with Gasteiger partial charge in [0.1, 0.15) is 5.82 Å². The second kappa shape index (κ2) is 7.59. The lowest BCUT2D eigenvalue weighted by atomic mass is 10.4. The van der Waals surface area contributed by atoms with E-state index in [0.717, 1.165) is 0 Å². The summed E-state index contributed by atoms with van der Waals surface area (Å²) in [6.07, 6.45) is 1.58. The molecule has 0 aliphatic heterocycles. The van der Waals surface area contributed by atoms with Crippen molar-refractivity contribution in [2.24, 2.45) is 0 Å². The molecule has 6 heteroatoms. The number of hydrogen-bond acceptors (Lipinski definition) is 5. The standard InChI is InChI=1S/C11H17N3O3/c1-9(16)14-10-2-3-11(13-8-10)12-4-6-17-7-5-15/h2-3,8,15H,4-7H2,1H3,(H,12,13)(H,14,16). The number of nitrogens with zero attached hydrogens (tertiary/aromatic N) is 1. The number of rotatable bonds is 7. The number of anilines is 2. The molecule has 94 valence electrons. The number of pyridine rings is 1. The molecule has 0 radical (unpaired) electrons. The van der Waals surface area contributed by atoms with Crippen molar-refractivity contribution in [2.45, 2.75) is 6.92 Å². The van der Waals surface area contributed by atoms with Gasteiger partial charge in [-0.2, -0.15) is 0 Å². The average Bonchev–Trinajstić information content (AvgIpc) is 2.30. The molecule has 17 heavy (non-hydrogen) atoms. The van der Waals surface area contributed by atoms with Gasteiger partial charge in [-0.3, -0.25) is 4.79 Å². The van der Waals surface area contributed by atoms with E-state index < -0.39 is 0 Å². The highest BCUT2D eigenvalue weighted by Gasteiger charge is 1.97. The summed E-state index contributed by atoms with van der Waals surface area (Å²) in [5, 5.41) is 14.2. The molecule has 1 aromatic heterocycles. The number of nitrogens with one attached hydrogen (secondary N) is 2. The Morgan fingerprint density at radius 1 is 1.47 bits per heavy atom. The van der Waals surface area contributed by atoms with Crippen molar-refractivity contribution in [2.75, 3.05) is 37.0 Å². The number of aromatic nitrogens is 1. The van der Waals surface area contributed by atoms with E-state index in [0.29, 0.717) is 31.3 Å². The minimum atomic E-state index is -0.120. The maximum Gasteiger partial charge on any atom is 0.221 e. The molecule has 0 aliphatic rings. The van der Waals surface area contributed by atoms with Gasteiger partial charge in [-0.05, 0) is 12.1 Å². The topological polar surface area (TPSA) is 83.5 Å². The van der Waals surface area contributed by atoms with Crippen molar-refractivity contribution < 1.29 is 14.6 Å². The Labute approximate surface area is 100 Å². The Kier molecular flexibility index (Phi) is 5.98. The summed E-state index contributed by atoms with van der Waals surface area (Å²) in [7, 11) is 0. The third-order valence-corrected chi connectivity index (χ3v) is 1.87. The lowest BCUT2D eigenvalue weighted by molar-refractivity contribution is -0.114. The molecular weight excluding hydrogens is 222 g/mol. The van der Waals surface area contributed by atoms with Gasteiger partial charge in [-0.25, -0.2) is 4.98 Å². The molecule has 1 aromatic rings. The molecule has 1 amide bonds. The van der Waals surface area contributed by atoms with E-state index in [1.54, 1.807) is 18.3 Å². The molecule has 1 heterocycles. The van der Waals surface area contributed by atoms with Gasteiger partial charge in [0.05, 0.1) is 31.7 Å². The number of aliphatic hydroxyl groups is 1. The van der Waals surface area contributed by atoms with Crippen molar-refractivity contribution >= 4 is 17.4 Å². The van der Waals surface area contributed by atoms with Gasteiger partial charge < -0.3 is 20.5 Å². The number of aliphatic hydroxyl groups excluding tert-OH is 1. The van der Waals surface area contributed by atoms with Crippen LogP contribution < -0.4 is 10.6 Å². The first-order chi connectivity index (χ1) is 8.22. The first-order valence-corrected chi connectivity index (χ1v) is 5.38. The van der Waals surface area contributed by atoms with Gasteiger partial charge in [0.15, 0.2) is 0 Å². The van der Waals surface area contributed by atoms with Crippen LogP contribution in [0.4, 0.5) is 11.5 Å². The largest absolute Gasteiger partial charge is 0.394 e. The summed E-state index contributed by atoms with van der Waals surface area (Å²) in [6.45, 7) is 2.95. The van der Waals surface area contributed by atoms with Crippen LogP contribution in [0.25, 0.3) is 0 Å². The predicted molar refractivity (Wildman–Crippen MR) is 64.9 cm³/mol. The third kappa shape index (κ3) is 5.84. The zero-order chi connectivity index (χ0) is 12.5. The first kappa shape index (κ1) is 13.4. The van der Waals surface area contributed by atoms with Crippen molar-refractivity contribution in [3.05, 3.63) is 18.3 Å². The number of amides is 1. The quantitative estimate of drug-likeness (QED) is 0.602. The smallest absolute Gasteiger partial charge is 0.221 e. The zero-order valence-electron chi connectivity index (χ0n) is 9.77. The van der Waals surface area contributed by atoms with Gasteiger partial charge in [0.2, 0.25) is 5.91 Å². The average molecular weight is 239 g/mol. The van der Waals surface area contributed by atoms with Crippen LogP contribution in [0.5, 0.6) is 0 Å². The Morgan fingerprint density at radius 3 is 2.88 bits per heavy atom. The Morgan fingerprint density at radius 2 is 2.29 bits per heavy atom.